The minimum absolute atomic E-state index is 0.0116. The van der Waals surface area contributed by atoms with Crippen LogP contribution in [0.2, 0.25) is 0 Å². The van der Waals surface area contributed by atoms with Gasteiger partial charge in [-0.3, -0.25) is 4.79 Å². The Kier molecular flexibility index (Phi) is 27.3. The van der Waals surface area contributed by atoms with E-state index in [1.54, 1.807) is 0 Å². The molecule has 15 atom stereocenters. The number of carbonyl (C=O) groups excluding carboxylic acids is 1. The molecule has 9 aromatic rings. The molecule has 3 fully saturated rings. The maximum absolute atomic E-state index is 13.8. The molecule has 12 rings (SSSR count). The average Bonchev–Trinajstić information content (AvgIpc) is 0.774. The van der Waals surface area contributed by atoms with Gasteiger partial charge >= 0.3 is 5.97 Å². The van der Waals surface area contributed by atoms with E-state index in [1.807, 2.05) is 273 Å². The summed E-state index contributed by atoms with van der Waals surface area (Å²) >= 11 is 0. The van der Waals surface area contributed by atoms with Crippen LogP contribution in [-0.2, 0) is 135 Å². The predicted octanol–water partition coefficient (Wildman–Crippen LogP) is 13.0. The second kappa shape index (κ2) is 38.0. The van der Waals surface area contributed by atoms with Gasteiger partial charge in [-0.15, -0.1) is 0 Å². The summed E-state index contributed by atoms with van der Waals surface area (Å²) in [5, 5.41) is 12.8. The van der Waals surface area contributed by atoms with E-state index in [2.05, 4.69) is 0 Å². The molecule has 0 aliphatic carbocycles. The lowest BCUT2D eigenvalue weighted by Gasteiger charge is -2.50. The first-order valence-electron chi connectivity index (χ1n) is 34.2. The van der Waals surface area contributed by atoms with Crippen molar-refractivity contribution in [1.29, 1.82) is 0 Å². The van der Waals surface area contributed by atoms with Crippen molar-refractivity contribution in [2.75, 3.05) is 19.8 Å². The van der Waals surface area contributed by atoms with Crippen LogP contribution in [0.1, 0.15) is 57.0 Å². The molecule has 0 bridgehead atoms. The highest BCUT2D eigenvalue weighted by atomic mass is 16.8. The van der Waals surface area contributed by atoms with Crippen molar-refractivity contribution in [1.82, 2.24) is 0 Å². The number of aliphatic hydroxyl groups is 1. The highest BCUT2D eigenvalue weighted by molar-refractivity contribution is 5.66. The first kappa shape index (κ1) is 71.7. The van der Waals surface area contributed by atoms with Gasteiger partial charge in [-0.25, -0.2) is 0 Å². The molecule has 0 unspecified atom stereocenters. The highest BCUT2D eigenvalue weighted by Crippen LogP contribution is 2.38. The van der Waals surface area contributed by atoms with Gasteiger partial charge < -0.3 is 76.2 Å². The van der Waals surface area contributed by atoms with Crippen molar-refractivity contribution in [2.45, 2.75) is 159 Å². The zero-order valence-electron chi connectivity index (χ0n) is 56.1. The fourth-order valence-electron chi connectivity index (χ4n) is 12.6. The van der Waals surface area contributed by atoms with Crippen LogP contribution in [0, 0.1) is 0 Å². The molecule has 522 valence electrons. The van der Waals surface area contributed by atoms with Crippen molar-refractivity contribution in [3.63, 3.8) is 0 Å². The molecule has 0 spiro atoms. The fraction of sp³-hybridized carbons (Fsp3) is 0.337. The number of carbonyl (C=O) groups is 1. The van der Waals surface area contributed by atoms with E-state index < -0.39 is 98.1 Å². The van der Waals surface area contributed by atoms with Crippen LogP contribution in [0.15, 0.2) is 273 Å². The van der Waals surface area contributed by atoms with E-state index in [1.165, 1.54) is 6.92 Å². The number of rotatable bonds is 35. The molecule has 0 saturated carbocycles. The van der Waals surface area contributed by atoms with E-state index in [0.717, 1.165) is 50.1 Å². The summed E-state index contributed by atoms with van der Waals surface area (Å²) in [6.45, 7) is 2.49. The van der Waals surface area contributed by atoms with Crippen molar-refractivity contribution < 1.29 is 81.0 Å². The largest absolute Gasteiger partial charge is 0.454 e. The van der Waals surface area contributed by atoms with Crippen LogP contribution >= 0.6 is 0 Å². The monoisotopic (exact) mass is 1360 g/mol. The maximum atomic E-state index is 13.8. The van der Waals surface area contributed by atoms with Gasteiger partial charge in [-0.2, -0.15) is 0 Å². The zero-order valence-corrected chi connectivity index (χ0v) is 56.1. The van der Waals surface area contributed by atoms with Crippen molar-refractivity contribution in [3.05, 3.63) is 323 Å². The van der Waals surface area contributed by atoms with Crippen LogP contribution in [0.5, 0.6) is 0 Å². The minimum atomic E-state index is -1.69. The summed E-state index contributed by atoms with van der Waals surface area (Å²) in [4.78, 5) is 13.8. The van der Waals surface area contributed by atoms with Crippen LogP contribution in [0.25, 0.3) is 0 Å². The van der Waals surface area contributed by atoms with Crippen LogP contribution in [0.4, 0.5) is 0 Å². The van der Waals surface area contributed by atoms with Crippen LogP contribution in [0.3, 0.4) is 0 Å². The molecule has 0 aromatic heterocycles. The van der Waals surface area contributed by atoms with Gasteiger partial charge in [0.15, 0.2) is 25.0 Å². The smallest absolute Gasteiger partial charge is 0.303 e. The SMILES string of the molecule is CC(=O)O[C@@H]1[C@@H](O[C@@H]2[C@H](OCc3ccccc3)[C@H](O)O[C@H](CO[C@H]3O[C@H](COCc4ccccc4)[C@@H](OCc4ccccc4)[C@H](OCc4ccccc4)[C@@H]3OCc3ccccc3)[C@H]2OCc2ccccc2)O[C@H](COCc2ccccc2)[C@@H](OCc2ccccc2)[C@@H]1OCc1ccccc1. The van der Waals surface area contributed by atoms with Gasteiger partial charge in [0.2, 0.25) is 0 Å². The molecule has 3 aliphatic heterocycles. The number of benzene rings is 9. The Morgan fingerprint density at radius 2 is 0.540 bits per heavy atom. The third-order valence-corrected chi connectivity index (χ3v) is 17.6. The van der Waals surface area contributed by atoms with Crippen molar-refractivity contribution >= 4 is 5.97 Å². The Balaban J connectivity index is 0.920. The fourth-order valence-corrected chi connectivity index (χ4v) is 12.6. The molecule has 100 heavy (non-hydrogen) atoms. The second-order valence-electron chi connectivity index (χ2n) is 25.0. The zero-order chi connectivity index (χ0) is 68.3. The molecule has 3 aliphatic rings. The van der Waals surface area contributed by atoms with Gasteiger partial charge in [0.05, 0.1) is 79.3 Å². The summed E-state index contributed by atoms with van der Waals surface area (Å²) in [6.07, 6.45) is -16.8. The Morgan fingerprint density at radius 1 is 0.280 bits per heavy atom. The number of hydrogen-bond acceptors (Lipinski definition) is 17. The quantitative estimate of drug-likeness (QED) is 0.0371. The first-order valence-corrected chi connectivity index (χ1v) is 34.2. The predicted molar refractivity (Wildman–Crippen MR) is 372 cm³/mol. The first-order chi connectivity index (χ1) is 49.3. The van der Waals surface area contributed by atoms with Gasteiger partial charge in [0.1, 0.15) is 67.1 Å². The highest BCUT2D eigenvalue weighted by Gasteiger charge is 2.56. The summed E-state index contributed by atoms with van der Waals surface area (Å²) in [5.74, 6) is -0.637. The van der Waals surface area contributed by atoms with E-state index in [0.29, 0.717) is 0 Å². The average molecular weight is 1360 g/mol. The second-order valence-corrected chi connectivity index (χ2v) is 25.0. The third kappa shape index (κ3) is 21.0. The van der Waals surface area contributed by atoms with Crippen LogP contribution in [-0.4, -0.2) is 123 Å². The third-order valence-electron chi connectivity index (χ3n) is 17.6. The summed E-state index contributed by atoms with van der Waals surface area (Å²) < 4.78 is 104. The lowest BCUT2D eigenvalue weighted by molar-refractivity contribution is -0.377. The van der Waals surface area contributed by atoms with E-state index in [-0.39, 0.29) is 79.3 Å². The lowest BCUT2D eigenvalue weighted by Crippen LogP contribution is -2.67. The molecule has 17 nitrogen and oxygen atoms in total. The molecular formula is C83H88O17. The normalized spacial score (nSPS) is 25.2. The van der Waals surface area contributed by atoms with Gasteiger partial charge in [0, 0.05) is 6.92 Å². The number of ether oxygens (including phenoxy) is 15. The van der Waals surface area contributed by atoms with Gasteiger partial charge in [-0.05, 0) is 50.1 Å². The van der Waals surface area contributed by atoms with Crippen molar-refractivity contribution in [2.24, 2.45) is 0 Å². The van der Waals surface area contributed by atoms with E-state index >= 15 is 0 Å². The molecule has 3 heterocycles. The van der Waals surface area contributed by atoms with Crippen molar-refractivity contribution in [3.8, 4) is 0 Å². The molecule has 0 amide bonds. The summed E-state index contributed by atoms with van der Waals surface area (Å²) in [6, 6.07) is 88.1. The minimum Gasteiger partial charge on any atom is -0.454 e. The molecular weight excluding hydrogens is 1270 g/mol. The molecule has 9 aromatic carbocycles. The number of esters is 1. The Hall–Kier alpha value is -8.15. The summed E-state index contributed by atoms with van der Waals surface area (Å²) in [7, 11) is 0. The lowest BCUT2D eigenvalue weighted by atomic mass is 9.95. The number of hydrogen-bond donors (Lipinski definition) is 1. The molecule has 0 radical (unpaired) electrons. The van der Waals surface area contributed by atoms with Gasteiger partial charge in [-0.1, -0.05) is 273 Å². The molecule has 3 saturated heterocycles. The Labute approximate surface area is 585 Å². The maximum Gasteiger partial charge on any atom is 0.303 e. The molecule has 1 N–H and O–H groups in total. The number of aliphatic hydroxyl groups excluding tert-OH is 1. The Bertz CT molecular complexity index is 3730. The topological polar surface area (TPSA) is 176 Å². The standard InChI is InChI=1S/C83H88O17/c1-59(84)96-80-76(92-53-66-41-23-8-24-42-66)73(89-50-63-35-17-5-18-36-63)70(57-87-48-61-31-13-3-14-32-61)99-83(80)100-77-74(90-51-64-37-19-6-20-38-64)71(97-81(85)78(77)93-54-67-43-25-9-26-44-67)58-95-82-79(94-55-68-45-27-10-28-46-68)75(91-52-65-39-21-7-22-40-65)72(88-49-62-33-15-4-16-34-62)69(98-82)56-86-47-60-29-11-2-12-30-60/h2-46,69-83,85H,47-58H2,1H3/t69-,70-,71-,72-,73-,74-,75+,76+,77+,78+,79+,80+,81-,82+,83-/m1/s1. The van der Waals surface area contributed by atoms with Crippen LogP contribution < -0.4 is 0 Å². The van der Waals surface area contributed by atoms with E-state index in [4.69, 9.17) is 71.1 Å². The van der Waals surface area contributed by atoms with E-state index in [9.17, 15) is 9.90 Å². The molecule has 17 heteroatoms. The Morgan fingerprint density at radius 3 is 0.870 bits per heavy atom. The van der Waals surface area contributed by atoms with Gasteiger partial charge in [0.25, 0.3) is 0 Å². The summed E-state index contributed by atoms with van der Waals surface area (Å²) in [5.41, 5.74) is 8.07.